The summed E-state index contributed by atoms with van der Waals surface area (Å²) >= 11 is 0. The lowest BCUT2D eigenvalue weighted by molar-refractivity contribution is -0.117. The first kappa shape index (κ1) is 19.7. The van der Waals surface area contributed by atoms with Crippen LogP contribution in [-0.2, 0) is 11.3 Å². The Morgan fingerprint density at radius 3 is 2.61 bits per heavy atom. The minimum absolute atomic E-state index is 0. The number of rotatable bonds is 6. The summed E-state index contributed by atoms with van der Waals surface area (Å²) in [6.45, 7) is 6.59. The van der Waals surface area contributed by atoms with Gasteiger partial charge in [0, 0.05) is 25.2 Å². The van der Waals surface area contributed by atoms with Crippen LogP contribution in [0, 0.1) is 5.92 Å². The third kappa shape index (κ3) is 6.37. The standard InChI is InChI=1S/C17H26N4O.HI/c1-13(2)9-10-19-17(18)20-12-14-5-7-15(8-6-14)21-11-3-4-16(21)22;/h5-8,13H,3-4,9-12H2,1-2H3,(H3,18,19,20);1H. The van der Waals surface area contributed by atoms with Gasteiger partial charge in [0.1, 0.15) is 0 Å². The molecule has 0 radical (unpaired) electrons. The van der Waals surface area contributed by atoms with Crippen LogP contribution in [0.15, 0.2) is 29.3 Å². The summed E-state index contributed by atoms with van der Waals surface area (Å²) in [6, 6.07) is 7.98. The zero-order chi connectivity index (χ0) is 15.9. The molecule has 0 spiro atoms. The van der Waals surface area contributed by atoms with Crippen molar-refractivity contribution in [1.29, 1.82) is 0 Å². The maximum atomic E-state index is 11.7. The van der Waals surface area contributed by atoms with E-state index in [0.29, 0.717) is 24.8 Å². The molecule has 0 saturated carbocycles. The molecule has 2 rings (SSSR count). The number of hydrogen-bond donors (Lipinski definition) is 2. The van der Waals surface area contributed by atoms with E-state index in [4.69, 9.17) is 5.73 Å². The lowest BCUT2D eigenvalue weighted by atomic mass is 10.1. The van der Waals surface area contributed by atoms with Gasteiger partial charge in [-0.3, -0.25) is 4.79 Å². The van der Waals surface area contributed by atoms with Gasteiger partial charge in [-0.15, -0.1) is 24.0 Å². The van der Waals surface area contributed by atoms with Gasteiger partial charge in [0.2, 0.25) is 5.91 Å². The highest BCUT2D eigenvalue weighted by Gasteiger charge is 2.21. The minimum atomic E-state index is 0. The maximum absolute atomic E-state index is 11.7. The Balaban J connectivity index is 0.00000264. The van der Waals surface area contributed by atoms with Gasteiger partial charge in [-0.1, -0.05) is 26.0 Å². The molecular weight excluding hydrogens is 403 g/mol. The van der Waals surface area contributed by atoms with Gasteiger partial charge in [0.05, 0.1) is 6.54 Å². The van der Waals surface area contributed by atoms with Crippen LogP contribution >= 0.6 is 24.0 Å². The predicted molar refractivity (Wildman–Crippen MR) is 106 cm³/mol. The molecule has 0 unspecified atom stereocenters. The van der Waals surface area contributed by atoms with Gasteiger partial charge in [-0.05, 0) is 36.5 Å². The van der Waals surface area contributed by atoms with Crippen molar-refractivity contribution in [3.8, 4) is 0 Å². The Labute approximate surface area is 155 Å². The summed E-state index contributed by atoms with van der Waals surface area (Å²) < 4.78 is 0. The fraction of sp³-hybridized carbons (Fsp3) is 0.529. The van der Waals surface area contributed by atoms with Crippen molar-refractivity contribution in [2.45, 2.75) is 39.7 Å². The lowest BCUT2D eigenvalue weighted by Gasteiger charge is -2.15. The molecule has 1 aromatic carbocycles. The SMILES string of the molecule is CC(C)CCNC(N)=NCc1ccc(N2CCCC2=O)cc1.I. The van der Waals surface area contributed by atoms with E-state index in [-0.39, 0.29) is 29.9 Å². The predicted octanol–water partition coefficient (Wildman–Crippen LogP) is 2.88. The Morgan fingerprint density at radius 2 is 2.04 bits per heavy atom. The molecule has 1 amide bonds. The zero-order valence-corrected chi connectivity index (χ0v) is 16.2. The molecule has 1 aromatic rings. The van der Waals surface area contributed by atoms with E-state index >= 15 is 0 Å². The van der Waals surface area contributed by atoms with E-state index in [1.54, 1.807) is 0 Å². The second-order valence-electron chi connectivity index (χ2n) is 6.13. The average Bonchev–Trinajstić information content (AvgIpc) is 2.91. The largest absolute Gasteiger partial charge is 0.370 e. The number of carbonyl (C=O) groups excluding carboxylic acids is 1. The monoisotopic (exact) mass is 430 g/mol. The number of guanidine groups is 1. The second kappa shape index (κ2) is 9.75. The summed E-state index contributed by atoms with van der Waals surface area (Å²) in [5, 5.41) is 3.12. The highest BCUT2D eigenvalue weighted by Crippen LogP contribution is 2.21. The first-order valence-electron chi connectivity index (χ1n) is 7.99. The molecule has 0 bridgehead atoms. The Hall–Kier alpha value is -1.31. The molecule has 6 heteroatoms. The third-order valence-electron chi connectivity index (χ3n) is 3.78. The van der Waals surface area contributed by atoms with Gasteiger partial charge in [0.15, 0.2) is 5.96 Å². The van der Waals surface area contributed by atoms with Crippen LogP contribution in [0.25, 0.3) is 0 Å². The van der Waals surface area contributed by atoms with E-state index in [2.05, 4.69) is 24.2 Å². The first-order chi connectivity index (χ1) is 10.6. The van der Waals surface area contributed by atoms with Gasteiger partial charge in [0.25, 0.3) is 0 Å². The fourth-order valence-electron chi connectivity index (χ4n) is 2.42. The molecule has 3 N–H and O–H groups in total. The van der Waals surface area contributed by atoms with E-state index in [0.717, 1.165) is 37.2 Å². The molecule has 1 aliphatic heterocycles. The van der Waals surface area contributed by atoms with Crippen molar-refractivity contribution in [3.05, 3.63) is 29.8 Å². The minimum Gasteiger partial charge on any atom is -0.370 e. The van der Waals surface area contributed by atoms with Gasteiger partial charge < -0.3 is 16.0 Å². The number of benzene rings is 1. The van der Waals surface area contributed by atoms with Crippen molar-refractivity contribution in [2.24, 2.45) is 16.6 Å². The van der Waals surface area contributed by atoms with Gasteiger partial charge >= 0.3 is 0 Å². The van der Waals surface area contributed by atoms with Gasteiger partial charge in [-0.25, -0.2) is 4.99 Å². The number of halogens is 1. The Morgan fingerprint density at radius 1 is 1.35 bits per heavy atom. The van der Waals surface area contributed by atoms with Crippen molar-refractivity contribution in [3.63, 3.8) is 0 Å². The molecule has 128 valence electrons. The summed E-state index contributed by atoms with van der Waals surface area (Å²) in [5.41, 5.74) is 7.90. The third-order valence-corrected chi connectivity index (χ3v) is 3.78. The molecular formula is C17H27IN4O. The van der Waals surface area contributed by atoms with Crippen LogP contribution in [0.3, 0.4) is 0 Å². The van der Waals surface area contributed by atoms with Crippen LogP contribution < -0.4 is 16.0 Å². The summed E-state index contributed by atoms with van der Waals surface area (Å²) in [5.74, 6) is 1.35. The van der Waals surface area contributed by atoms with E-state index in [1.807, 2.05) is 29.2 Å². The highest BCUT2D eigenvalue weighted by molar-refractivity contribution is 14.0. The van der Waals surface area contributed by atoms with E-state index < -0.39 is 0 Å². The van der Waals surface area contributed by atoms with Crippen LogP contribution in [0.2, 0.25) is 0 Å². The van der Waals surface area contributed by atoms with Crippen molar-refractivity contribution in [2.75, 3.05) is 18.0 Å². The quantitative estimate of drug-likeness (QED) is 0.414. The molecule has 0 aliphatic carbocycles. The lowest BCUT2D eigenvalue weighted by Crippen LogP contribution is -2.32. The smallest absolute Gasteiger partial charge is 0.227 e. The number of aliphatic imine (C=N–C) groups is 1. The number of carbonyl (C=O) groups is 1. The molecule has 23 heavy (non-hydrogen) atoms. The van der Waals surface area contributed by atoms with E-state index in [9.17, 15) is 4.79 Å². The Kier molecular flexibility index (Phi) is 8.36. The normalized spacial score (nSPS) is 15.0. The van der Waals surface area contributed by atoms with Gasteiger partial charge in [-0.2, -0.15) is 0 Å². The number of hydrogen-bond acceptors (Lipinski definition) is 2. The van der Waals surface area contributed by atoms with Crippen LogP contribution in [0.5, 0.6) is 0 Å². The molecule has 5 nitrogen and oxygen atoms in total. The molecule has 1 aliphatic rings. The molecule has 1 saturated heterocycles. The fourth-order valence-corrected chi connectivity index (χ4v) is 2.42. The summed E-state index contributed by atoms with van der Waals surface area (Å²) in [4.78, 5) is 17.9. The van der Waals surface area contributed by atoms with E-state index in [1.165, 1.54) is 0 Å². The first-order valence-corrected chi connectivity index (χ1v) is 7.99. The van der Waals surface area contributed by atoms with Crippen LogP contribution in [-0.4, -0.2) is 25.0 Å². The zero-order valence-electron chi connectivity index (χ0n) is 13.9. The number of nitrogens with one attached hydrogen (secondary N) is 1. The maximum Gasteiger partial charge on any atom is 0.227 e. The average molecular weight is 430 g/mol. The topological polar surface area (TPSA) is 70.7 Å². The van der Waals surface area contributed by atoms with Crippen LogP contribution in [0.4, 0.5) is 5.69 Å². The summed E-state index contributed by atoms with van der Waals surface area (Å²) in [6.07, 6.45) is 2.68. The Bertz CT molecular complexity index is 528. The number of amides is 1. The molecule has 1 fully saturated rings. The number of nitrogens with two attached hydrogens (primary N) is 1. The van der Waals surface area contributed by atoms with Crippen LogP contribution in [0.1, 0.15) is 38.7 Å². The van der Waals surface area contributed by atoms with Crippen molar-refractivity contribution in [1.82, 2.24) is 5.32 Å². The highest BCUT2D eigenvalue weighted by atomic mass is 127. The summed E-state index contributed by atoms with van der Waals surface area (Å²) in [7, 11) is 0. The number of anilines is 1. The van der Waals surface area contributed by atoms with Crippen molar-refractivity contribution >= 4 is 41.5 Å². The second-order valence-corrected chi connectivity index (χ2v) is 6.13. The molecule has 0 atom stereocenters. The van der Waals surface area contributed by atoms with Crippen molar-refractivity contribution < 1.29 is 4.79 Å². The molecule has 0 aromatic heterocycles. The number of nitrogens with zero attached hydrogens (tertiary/aromatic N) is 2. The molecule has 1 heterocycles.